The molecule has 10 heteroatoms. The highest BCUT2D eigenvalue weighted by molar-refractivity contribution is 5.98. The van der Waals surface area contributed by atoms with Crippen LogP contribution in [0.4, 0.5) is 27.7 Å². The first-order valence-corrected chi connectivity index (χ1v) is 11.1. The number of halogens is 1. The molecule has 9 nitrogen and oxygen atoms in total. The molecule has 0 unspecified atom stereocenters. The Morgan fingerprint density at radius 3 is 2.91 bits per heavy atom. The normalized spacial score (nSPS) is 17.0. The van der Waals surface area contributed by atoms with Crippen LogP contribution in [0, 0.1) is 5.95 Å². The number of carbonyl (C=O) groups excluding carboxylic acids is 1. The number of carbonyl (C=O) groups is 1. The van der Waals surface area contributed by atoms with Gasteiger partial charge >= 0.3 is 0 Å². The third-order valence-electron chi connectivity index (χ3n) is 5.86. The Morgan fingerprint density at radius 1 is 1.27 bits per heavy atom. The topological polar surface area (TPSA) is 112 Å². The summed E-state index contributed by atoms with van der Waals surface area (Å²) in [6.07, 6.45) is 7.81. The van der Waals surface area contributed by atoms with E-state index in [9.17, 15) is 9.18 Å². The number of hydrogen-bond acceptors (Lipinski definition) is 7. The predicted octanol–water partition coefficient (Wildman–Crippen LogP) is 3.47. The van der Waals surface area contributed by atoms with Gasteiger partial charge in [-0.2, -0.15) is 14.5 Å². The number of pyridine rings is 1. The second-order valence-electron chi connectivity index (χ2n) is 8.52. The van der Waals surface area contributed by atoms with Crippen LogP contribution in [-0.4, -0.2) is 43.6 Å². The minimum absolute atomic E-state index is 0.260. The van der Waals surface area contributed by atoms with E-state index in [0.29, 0.717) is 29.9 Å². The monoisotopic (exact) mass is 448 g/mol. The number of nitrogens with zero attached hydrogens (tertiary/aromatic N) is 5. The lowest BCUT2D eigenvalue weighted by Crippen LogP contribution is -2.41. The summed E-state index contributed by atoms with van der Waals surface area (Å²) in [5, 5.41) is 13.5. The Bertz CT molecular complexity index is 1200. The van der Waals surface area contributed by atoms with Crippen molar-refractivity contribution in [3.8, 4) is 0 Å². The summed E-state index contributed by atoms with van der Waals surface area (Å²) < 4.78 is 13.1. The zero-order valence-electron chi connectivity index (χ0n) is 18.5. The van der Waals surface area contributed by atoms with Gasteiger partial charge in [-0.25, -0.2) is 9.97 Å². The van der Waals surface area contributed by atoms with E-state index >= 15 is 0 Å². The molecular weight excluding hydrogens is 423 g/mol. The van der Waals surface area contributed by atoms with E-state index in [-0.39, 0.29) is 5.91 Å². The maximum atomic E-state index is 13.1. The first kappa shape index (κ1) is 21.0. The van der Waals surface area contributed by atoms with Crippen molar-refractivity contribution in [2.75, 3.05) is 22.1 Å². The third kappa shape index (κ3) is 4.28. The summed E-state index contributed by atoms with van der Waals surface area (Å²) in [6, 6.07) is 4.09. The number of nitrogens with one attached hydrogen (secondary N) is 3. The Labute approximate surface area is 190 Å². The lowest BCUT2D eigenvalue weighted by molar-refractivity contribution is -0.116. The quantitative estimate of drug-likeness (QED) is 0.391. The van der Waals surface area contributed by atoms with Crippen LogP contribution in [0.2, 0.25) is 0 Å². The highest BCUT2D eigenvalue weighted by atomic mass is 19.1. The van der Waals surface area contributed by atoms with Crippen molar-refractivity contribution < 1.29 is 9.18 Å². The zero-order chi connectivity index (χ0) is 22.9. The number of aromatic amines is 1. The van der Waals surface area contributed by atoms with E-state index in [2.05, 4.69) is 39.7 Å². The highest BCUT2D eigenvalue weighted by Gasteiger charge is 2.31. The fourth-order valence-corrected chi connectivity index (χ4v) is 4.09. The minimum atomic E-state index is -0.598. The van der Waals surface area contributed by atoms with Gasteiger partial charge in [-0.3, -0.25) is 9.89 Å². The molecule has 1 aliphatic heterocycles. The van der Waals surface area contributed by atoms with Crippen LogP contribution in [-0.2, 0) is 17.6 Å². The molecule has 0 saturated carbocycles. The summed E-state index contributed by atoms with van der Waals surface area (Å²) in [7, 11) is 0. The maximum Gasteiger partial charge on any atom is 0.251 e. The molecular formula is C23H25FN8O. The van der Waals surface area contributed by atoms with Crippen LogP contribution < -0.4 is 15.5 Å². The lowest BCUT2D eigenvalue weighted by atomic mass is 10.1. The molecule has 1 atom stereocenters. The van der Waals surface area contributed by atoms with Crippen molar-refractivity contribution in [1.29, 1.82) is 0 Å². The van der Waals surface area contributed by atoms with Crippen LogP contribution in [0.25, 0.3) is 0 Å². The van der Waals surface area contributed by atoms with Crippen molar-refractivity contribution in [3.05, 3.63) is 59.4 Å². The predicted molar refractivity (Wildman–Crippen MR) is 123 cm³/mol. The molecule has 0 radical (unpaired) electrons. The van der Waals surface area contributed by atoms with Crippen molar-refractivity contribution in [1.82, 2.24) is 25.1 Å². The van der Waals surface area contributed by atoms with Crippen LogP contribution in [0.15, 0.2) is 36.5 Å². The molecule has 1 aliphatic carbocycles. The molecule has 2 aliphatic rings. The summed E-state index contributed by atoms with van der Waals surface area (Å²) in [5.41, 5.74) is 3.56. The van der Waals surface area contributed by atoms with Gasteiger partial charge in [-0.15, -0.1) is 0 Å². The van der Waals surface area contributed by atoms with E-state index < -0.39 is 12.0 Å². The first-order chi connectivity index (χ1) is 16.0. The molecule has 3 N–H and O–H groups in total. The fourth-order valence-electron chi connectivity index (χ4n) is 4.09. The van der Waals surface area contributed by atoms with E-state index in [1.807, 2.05) is 23.1 Å². The number of hydrogen-bond donors (Lipinski definition) is 3. The van der Waals surface area contributed by atoms with Crippen LogP contribution in [0.5, 0.6) is 0 Å². The number of fused-ring (bicyclic) bond motifs is 1. The summed E-state index contributed by atoms with van der Waals surface area (Å²) in [6.45, 7) is 4.72. The van der Waals surface area contributed by atoms with Gasteiger partial charge in [-0.1, -0.05) is 26.0 Å². The van der Waals surface area contributed by atoms with E-state index in [0.717, 1.165) is 42.0 Å². The number of amides is 1. The minimum Gasteiger partial charge on any atom is -0.323 e. The van der Waals surface area contributed by atoms with E-state index in [4.69, 9.17) is 9.97 Å². The van der Waals surface area contributed by atoms with Gasteiger partial charge in [0.25, 0.3) is 5.91 Å². The van der Waals surface area contributed by atoms with Gasteiger partial charge in [-0.05, 0) is 37.3 Å². The third-order valence-corrected chi connectivity index (χ3v) is 5.86. The Kier molecular flexibility index (Phi) is 5.49. The molecule has 1 amide bonds. The average Bonchev–Trinajstić information content (AvgIpc) is 3.55. The lowest BCUT2D eigenvalue weighted by Gasteiger charge is -2.25. The van der Waals surface area contributed by atoms with Crippen molar-refractivity contribution in [2.24, 2.45) is 0 Å². The second kappa shape index (κ2) is 8.61. The summed E-state index contributed by atoms with van der Waals surface area (Å²) in [5.74, 6) is 1.40. The molecule has 0 spiro atoms. The SMILES string of the molecule is CC(C)c1cc(Nc2nc(N3CC=C[C@H]3C(=O)Nc3ccc(F)nc3)nc3c2CCC3)n[nH]1. The molecule has 170 valence electrons. The van der Waals surface area contributed by atoms with Gasteiger partial charge in [0.15, 0.2) is 5.82 Å². The number of rotatable bonds is 6. The zero-order valence-corrected chi connectivity index (χ0v) is 18.5. The highest BCUT2D eigenvalue weighted by Crippen LogP contribution is 2.32. The molecule has 3 aromatic rings. The molecule has 0 aromatic carbocycles. The number of aromatic nitrogens is 5. The van der Waals surface area contributed by atoms with E-state index in [1.165, 1.54) is 18.3 Å². The van der Waals surface area contributed by atoms with Gasteiger partial charge < -0.3 is 15.5 Å². The number of aryl methyl sites for hydroxylation is 1. The van der Waals surface area contributed by atoms with Gasteiger partial charge in [0.2, 0.25) is 11.9 Å². The number of anilines is 4. The summed E-state index contributed by atoms with van der Waals surface area (Å²) >= 11 is 0. The Morgan fingerprint density at radius 2 is 2.15 bits per heavy atom. The molecule has 4 heterocycles. The van der Waals surface area contributed by atoms with Crippen LogP contribution in [0.3, 0.4) is 0 Å². The fraction of sp³-hybridized carbons (Fsp3) is 0.348. The van der Waals surface area contributed by atoms with Gasteiger partial charge in [0.1, 0.15) is 11.9 Å². The van der Waals surface area contributed by atoms with E-state index in [1.54, 1.807) is 0 Å². The molecule has 33 heavy (non-hydrogen) atoms. The van der Waals surface area contributed by atoms with Crippen molar-refractivity contribution >= 4 is 29.2 Å². The molecule has 0 saturated heterocycles. The first-order valence-electron chi connectivity index (χ1n) is 11.1. The smallest absolute Gasteiger partial charge is 0.251 e. The summed E-state index contributed by atoms with van der Waals surface area (Å²) in [4.78, 5) is 28.0. The van der Waals surface area contributed by atoms with Gasteiger partial charge in [0, 0.05) is 23.9 Å². The Hall–Kier alpha value is -3.82. The maximum absolute atomic E-state index is 13.1. The van der Waals surface area contributed by atoms with Crippen molar-refractivity contribution in [2.45, 2.75) is 45.1 Å². The molecule has 5 rings (SSSR count). The largest absolute Gasteiger partial charge is 0.323 e. The Balaban J connectivity index is 1.40. The number of H-pyrrole nitrogens is 1. The average molecular weight is 449 g/mol. The van der Waals surface area contributed by atoms with Crippen molar-refractivity contribution in [3.63, 3.8) is 0 Å². The molecule has 3 aromatic heterocycles. The molecule has 0 bridgehead atoms. The second-order valence-corrected chi connectivity index (χ2v) is 8.52. The molecule has 0 fully saturated rings. The van der Waals surface area contributed by atoms with Crippen LogP contribution in [0.1, 0.15) is 43.1 Å². The van der Waals surface area contributed by atoms with Gasteiger partial charge in [0.05, 0.1) is 17.6 Å². The standard InChI is InChI=1S/C23H25FN8O/c1-13(2)17-11-20(31-30-17)28-21-15-5-3-6-16(15)27-23(29-21)32-10-4-7-18(32)22(33)26-14-8-9-19(24)25-12-14/h4,7-9,11-13,18H,3,5-6,10H2,1-2H3,(H,26,33)(H2,27,28,29,30,31)/t18-/m0/s1. The van der Waals surface area contributed by atoms with Crippen LogP contribution >= 0.6 is 0 Å².